The molecule has 0 atom stereocenters. The van der Waals surface area contributed by atoms with E-state index in [1.165, 1.54) is 0 Å². The summed E-state index contributed by atoms with van der Waals surface area (Å²) in [6, 6.07) is 1.91. The summed E-state index contributed by atoms with van der Waals surface area (Å²) in [5.74, 6) is -0.0955. The second-order valence-electron chi connectivity index (χ2n) is 4.96. The summed E-state index contributed by atoms with van der Waals surface area (Å²) in [4.78, 5) is 26.6. The van der Waals surface area contributed by atoms with Crippen LogP contribution < -0.4 is 10.9 Å². The molecule has 0 aromatic carbocycles. The van der Waals surface area contributed by atoms with Crippen LogP contribution in [0.5, 0.6) is 0 Å². The van der Waals surface area contributed by atoms with E-state index in [1.807, 2.05) is 40.7 Å². The lowest BCUT2D eigenvalue weighted by molar-refractivity contribution is -0.117. The summed E-state index contributed by atoms with van der Waals surface area (Å²) in [6.07, 6.45) is 0.692. The van der Waals surface area contributed by atoms with E-state index in [9.17, 15) is 9.59 Å². The Morgan fingerprint density at radius 1 is 1.32 bits per heavy atom. The number of pyridine rings is 1. The number of carbonyl (C=O) groups excluding carboxylic acids is 1. The minimum atomic E-state index is -0.131. The monoisotopic (exact) mass is 262 g/mol. The number of aryl methyl sites for hydroxylation is 2. The molecule has 1 amide bonds. The molecule has 0 spiro atoms. The molecule has 1 aromatic rings. The zero-order valence-electron chi connectivity index (χ0n) is 12.3. The normalized spacial score (nSPS) is 10.2. The Hall–Kier alpha value is -1.84. The molecule has 0 fully saturated rings. The van der Waals surface area contributed by atoms with Gasteiger partial charge in [-0.15, -0.1) is 0 Å². The van der Waals surface area contributed by atoms with Gasteiger partial charge < -0.3 is 10.3 Å². The van der Waals surface area contributed by atoms with Crippen molar-refractivity contribution in [2.45, 2.75) is 47.6 Å². The molecule has 0 saturated heterocycles. The second kappa shape index (κ2) is 6.36. The van der Waals surface area contributed by atoms with Gasteiger partial charge in [0.2, 0.25) is 5.91 Å². The second-order valence-corrected chi connectivity index (χ2v) is 4.96. The maximum absolute atomic E-state index is 12.0. The van der Waals surface area contributed by atoms with Gasteiger partial charge in [-0.25, -0.2) is 0 Å². The van der Waals surface area contributed by atoms with E-state index in [4.69, 9.17) is 0 Å². The molecule has 4 nitrogen and oxygen atoms in total. The maximum atomic E-state index is 12.0. The number of hydrogen-bond acceptors (Lipinski definition) is 2. The standard InChI is InChI=1S/C15H22N2O2/c1-6-12(9(2)3)14(18)16-8-13-10(4)7-11(5)17-15(13)19/h7H,6,8H2,1-5H3,(H,16,18)(H,17,19). The van der Waals surface area contributed by atoms with Crippen LogP contribution in [0, 0.1) is 13.8 Å². The van der Waals surface area contributed by atoms with Crippen LogP contribution in [0.25, 0.3) is 0 Å². The molecule has 0 radical (unpaired) electrons. The van der Waals surface area contributed by atoms with Crippen molar-refractivity contribution < 1.29 is 4.79 Å². The predicted octanol–water partition coefficient (Wildman–Crippen LogP) is 2.35. The molecular formula is C15H22N2O2. The number of allylic oxidation sites excluding steroid dienone is 1. The van der Waals surface area contributed by atoms with Crippen molar-refractivity contribution in [3.63, 3.8) is 0 Å². The summed E-state index contributed by atoms with van der Waals surface area (Å²) >= 11 is 0. The molecule has 19 heavy (non-hydrogen) atoms. The molecule has 4 heteroatoms. The molecule has 1 rings (SSSR count). The molecule has 2 N–H and O–H groups in total. The van der Waals surface area contributed by atoms with E-state index >= 15 is 0 Å². The number of aromatic amines is 1. The van der Waals surface area contributed by atoms with E-state index < -0.39 is 0 Å². The Balaban J connectivity index is 2.87. The molecule has 1 heterocycles. The number of carbonyl (C=O) groups is 1. The van der Waals surface area contributed by atoms with Crippen LogP contribution in [0.2, 0.25) is 0 Å². The third-order valence-electron chi connectivity index (χ3n) is 3.15. The third-order valence-corrected chi connectivity index (χ3v) is 3.15. The maximum Gasteiger partial charge on any atom is 0.253 e. The lowest BCUT2D eigenvalue weighted by atomic mass is 10.1. The van der Waals surface area contributed by atoms with Gasteiger partial charge in [0.05, 0.1) is 0 Å². The van der Waals surface area contributed by atoms with Crippen molar-refractivity contribution in [1.29, 1.82) is 0 Å². The first kappa shape index (κ1) is 15.2. The summed E-state index contributed by atoms with van der Waals surface area (Å²) in [7, 11) is 0. The van der Waals surface area contributed by atoms with Crippen molar-refractivity contribution in [3.8, 4) is 0 Å². The summed E-state index contributed by atoms with van der Waals surface area (Å²) < 4.78 is 0. The van der Waals surface area contributed by atoms with Crippen LogP contribution in [0.1, 0.15) is 44.0 Å². The molecular weight excluding hydrogens is 240 g/mol. The molecule has 1 aromatic heterocycles. The highest BCUT2D eigenvalue weighted by atomic mass is 16.2. The minimum absolute atomic E-state index is 0.0955. The van der Waals surface area contributed by atoms with Crippen molar-refractivity contribution in [1.82, 2.24) is 10.3 Å². The fourth-order valence-electron chi connectivity index (χ4n) is 2.12. The van der Waals surface area contributed by atoms with Gasteiger partial charge in [-0.3, -0.25) is 9.59 Å². The first-order valence-electron chi connectivity index (χ1n) is 6.50. The van der Waals surface area contributed by atoms with Gasteiger partial charge in [-0.2, -0.15) is 0 Å². The van der Waals surface area contributed by atoms with E-state index in [1.54, 1.807) is 0 Å². The average molecular weight is 262 g/mol. The van der Waals surface area contributed by atoms with Crippen molar-refractivity contribution in [2.24, 2.45) is 0 Å². The van der Waals surface area contributed by atoms with Crippen LogP contribution in [0.15, 0.2) is 22.0 Å². The molecule has 0 unspecified atom stereocenters. The van der Waals surface area contributed by atoms with Gasteiger partial charge in [0.25, 0.3) is 5.56 Å². The van der Waals surface area contributed by atoms with E-state index in [-0.39, 0.29) is 18.0 Å². The fraction of sp³-hybridized carbons (Fsp3) is 0.467. The number of nitrogens with one attached hydrogen (secondary N) is 2. The zero-order valence-corrected chi connectivity index (χ0v) is 12.3. The molecule has 0 bridgehead atoms. The van der Waals surface area contributed by atoms with Gasteiger partial charge in [-0.05, 0) is 45.7 Å². The number of hydrogen-bond donors (Lipinski definition) is 2. The Bertz CT molecular complexity index is 564. The summed E-state index contributed by atoms with van der Waals surface area (Å²) in [5.41, 5.74) is 4.00. The van der Waals surface area contributed by atoms with Gasteiger partial charge in [0.15, 0.2) is 0 Å². The van der Waals surface area contributed by atoms with E-state index in [0.29, 0.717) is 12.0 Å². The molecule has 0 aliphatic rings. The number of amides is 1. The van der Waals surface area contributed by atoms with Gasteiger partial charge in [-0.1, -0.05) is 12.5 Å². The van der Waals surface area contributed by atoms with Crippen LogP contribution >= 0.6 is 0 Å². The van der Waals surface area contributed by atoms with Crippen LogP contribution in [-0.2, 0) is 11.3 Å². The zero-order chi connectivity index (χ0) is 14.6. The van der Waals surface area contributed by atoms with Gasteiger partial charge in [0.1, 0.15) is 0 Å². The largest absolute Gasteiger partial charge is 0.348 e. The minimum Gasteiger partial charge on any atom is -0.348 e. The SMILES string of the molecule is CCC(C(=O)NCc1c(C)cc(C)[nH]c1=O)=C(C)C. The van der Waals surface area contributed by atoms with Crippen molar-refractivity contribution in [3.05, 3.63) is 44.4 Å². The van der Waals surface area contributed by atoms with E-state index in [0.717, 1.165) is 22.4 Å². The molecule has 0 saturated carbocycles. The first-order chi connectivity index (χ1) is 8.86. The number of aromatic nitrogens is 1. The van der Waals surface area contributed by atoms with Crippen LogP contribution in [0.4, 0.5) is 0 Å². The Labute approximate surface area is 113 Å². The molecule has 0 aliphatic heterocycles. The number of rotatable bonds is 4. The third kappa shape index (κ3) is 3.81. The first-order valence-corrected chi connectivity index (χ1v) is 6.50. The molecule has 0 aliphatic carbocycles. The quantitative estimate of drug-likeness (QED) is 0.818. The summed E-state index contributed by atoms with van der Waals surface area (Å²) in [6.45, 7) is 9.77. The molecule has 104 valence electrons. The highest BCUT2D eigenvalue weighted by Crippen LogP contribution is 2.09. The topological polar surface area (TPSA) is 62.0 Å². The Morgan fingerprint density at radius 3 is 2.42 bits per heavy atom. The Morgan fingerprint density at radius 2 is 1.95 bits per heavy atom. The van der Waals surface area contributed by atoms with E-state index in [2.05, 4.69) is 10.3 Å². The smallest absolute Gasteiger partial charge is 0.253 e. The van der Waals surface area contributed by atoms with Crippen molar-refractivity contribution >= 4 is 5.91 Å². The predicted molar refractivity (Wildman–Crippen MR) is 77.0 cm³/mol. The fourth-order valence-corrected chi connectivity index (χ4v) is 2.12. The number of H-pyrrole nitrogens is 1. The van der Waals surface area contributed by atoms with Crippen LogP contribution in [-0.4, -0.2) is 10.9 Å². The average Bonchev–Trinajstić information content (AvgIpc) is 2.27. The Kier molecular flexibility index (Phi) is 5.10. The lowest BCUT2D eigenvalue weighted by Gasteiger charge is -2.10. The highest BCUT2D eigenvalue weighted by molar-refractivity contribution is 5.93. The van der Waals surface area contributed by atoms with Gasteiger partial charge in [0, 0.05) is 23.4 Å². The highest BCUT2D eigenvalue weighted by Gasteiger charge is 2.11. The van der Waals surface area contributed by atoms with Crippen LogP contribution in [0.3, 0.4) is 0 Å². The lowest BCUT2D eigenvalue weighted by Crippen LogP contribution is -2.29. The summed E-state index contributed by atoms with van der Waals surface area (Å²) in [5, 5.41) is 2.82. The van der Waals surface area contributed by atoms with Gasteiger partial charge >= 0.3 is 0 Å². The van der Waals surface area contributed by atoms with Crippen molar-refractivity contribution in [2.75, 3.05) is 0 Å².